The Kier molecular flexibility index (Phi) is 7.06. The molecule has 112 valence electrons. The summed E-state index contributed by atoms with van der Waals surface area (Å²) in [6.07, 6.45) is 3.06. The normalized spacial score (nSPS) is 10.1. The molecular formula is C16H17BrNNaO3. The number of nitrogens with zero attached hydrogens (tertiary/aromatic N) is 1. The Morgan fingerprint density at radius 2 is 1.91 bits per heavy atom. The van der Waals surface area contributed by atoms with E-state index in [1.807, 2.05) is 19.1 Å². The Labute approximate surface area is 161 Å². The zero-order valence-corrected chi connectivity index (χ0v) is 16.5. The molecule has 0 aliphatic carbocycles. The Bertz CT molecular complexity index is 744. The quantitative estimate of drug-likeness (QED) is 0.797. The number of carboxylic acids is 1. The molecule has 0 unspecified atom stereocenters. The van der Waals surface area contributed by atoms with E-state index in [9.17, 15) is 14.7 Å². The van der Waals surface area contributed by atoms with Crippen LogP contribution in [0.5, 0.6) is 0 Å². The average molecular weight is 374 g/mol. The van der Waals surface area contributed by atoms with Crippen LogP contribution in [-0.2, 0) is 13.5 Å². The summed E-state index contributed by atoms with van der Waals surface area (Å²) in [4.78, 5) is 24.0. The molecule has 1 heterocycles. The maximum atomic E-state index is 12.5. The first-order valence-electron chi connectivity index (χ1n) is 6.67. The third-order valence-corrected chi connectivity index (χ3v) is 3.89. The van der Waals surface area contributed by atoms with E-state index >= 15 is 0 Å². The molecule has 6 heteroatoms. The Morgan fingerprint density at radius 3 is 2.41 bits per heavy atom. The molecule has 1 N–H and O–H groups in total. The van der Waals surface area contributed by atoms with Crippen LogP contribution in [0.1, 0.15) is 30.8 Å². The Balaban J connectivity index is 0.00000242. The van der Waals surface area contributed by atoms with Crippen molar-refractivity contribution in [2.24, 2.45) is 7.05 Å². The number of benzene rings is 1. The summed E-state index contributed by atoms with van der Waals surface area (Å²) in [6, 6.07) is 7.25. The molecule has 0 aliphatic rings. The molecule has 0 aliphatic heterocycles. The second kappa shape index (κ2) is 8.11. The third-order valence-electron chi connectivity index (χ3n) is 3.36. The number of carbonyl (C=O) groups is 1. The van der Waals surface area contributed by atoms with Gasteiger partial charge in [0, 0.05) is 29.0 Å². The van der Waals surface area contributed by atoms with Crippen molar-refractivity contribution in [3.8, 4) is 11.1 Å². The van der Waals surface area contributed by atoms with Crippen molar-refractivity contribution in [2.45, 2.75) is 19.8 Å². The van der Waals surface area contributed by atoms with Gasteiger partial charge in [-0.1, -0.05) is 41.4 Å². The molecular weight excluding hydrogens is 357 g/mol. The molecule has 0 spiro atoms. The molecule has 0 atom stereocenters. The first-order valence-corrected chi connectivity index (χ1v) is 7.46. The van der Waals surface area contributed by atoms with Gasteiger partial charge in [0.05, 0.1) is 0 Å². The van der Waals surface area contributed by atoms with E-state index in [0.29, 0.717) is 23.2 Å². The van der Waals surface area contributed by atoms with E-state index in [-0.39, 0.29) is 36.5 Å². The third kappa shape index (κ3) is 3.90. The number of pyridine rings is 1. The fourth-order valence-electron chi connectivity index (χ4n) is 2.37. The number of carboxylic acid groups (broad SMARTS) is 1. The van der Waals surface area contributed by atoms with Gasteiger partial charge in [-0.3, -0.25) is 4.79 Å². The van der Waals surface area contributed by atoms with Crippen LogP contribution in [0, 0.1) is 0 Å². The van der Waals surface area contributed by atoms with Crippen molar-refractivity contribution < 1.29 is 40.9 Å². The van der Waals surface area contributed by atoms with Crippen LogP contribution in [0.2, 0.25) is 0 Å². The van der Waals surface area contributed by atoms with Gasteiger partial charge in [0.2, 0.25) is 5.43 Å². The standard InChI is InChI=1S/C16H16BrNO3.Na.H/c1-3-4-13-14(16(20)21)15(19)12(9-18(13)2)10-5-7-11(17)8-6-10;;/h5-9H,3-4H2,1-2H3,(H,20,21);;/q;+1;-1. The Hall–Kier alpha value is -0.880. The van der Waals surface area contributed by atoms with E-state index < -0.39 is 11.4 Å². The molecule has 2 aromatic rings. The summed E-state index contributed by atoms with van der Waals surface area (Å²) in [5.74, 6) is -1.17. The van der Waals surface area contributed by atoms with Gasteiger partial charge in [0.1, 0.15) is 5.56 Å². The van der Waals surface area contributed by atoms with Crippen molar-refractivity contribution in [2.75, 3.05) is 0 Å². The topological polar surface area (TPSA) is 59.3 Å². The largest absolute Gasteiger partial charge is 1.00 e. The van der Waals surface area contributed by atoms with Crippen LogP contribution in [0.3, 0.4) is 0 Å². The summed E-state index contributed by atoms with van der Waals surface area (Å²) >= 11 is 3.34. The van der Waals surface area contributed by atoms with Crippen molar-refractivity contribution in [3.05, 3.63) is 56.4 Å². The van der Waals surface area contributed by atoms with E-state index in [1.54, 1.807) is 29.9 Å². The molecule has 0 radical (unpaired) electrons. The molecule has 0 saturated heterocycles. The van der Waals surface area contributed by atoms with Gasteiger partial charge in [-0.2, -0.15) is 0 Å². The van der Waals surface area contributed by atoms with Gasteiger partial charge in [0.25, 0.3) is 0 Å². The maximum absolute atomic E-state index is 12.5. The molecule has 4 nitrogen and oxygen atoms in total. The number of aromatic nitrogens is 1. The number of halogens is 1. The first-order chi connectivity index (χ1) is 9.95. The van der Waals surface area contributed by atoms with Crippen LogP contribution in [0.25, 0.3) is 11.1 Å². The van der Waals surface area contributed by atoms with E-state index in [2.05, 4.69) is 15.9 Å². The smallest absolute Gasteiger partial charge is 1.00 e. The zero-order chi connectivity index (χ0) is 15.6. The second-order valence-corrected chi connectivity index (χ2v) is 5.78. The predicted octanol–water partition coefficient (Wildman–Crippen LogP) is 0.582. The molecule has 0 amide bonds. The minimum atomic E-state index is -1.17. The SMILES string of the molecule is CCCc1c(C(=O)O)c(=O)c(-c2ccc(Br)cc2)cn1C.[H-].[Na+]. The van der Waals surface area contributed by atoms with Gasteiger partial charge in [-0.25, -0.2) is 4.79 Å². The number of aromatic carboxylic acids is 1. The first kappa shape index (κ1) is 19.2. The Morgan fingerprint density at radius 1 is 1.32 bits per heavy atom. The minimum Gasteiger partial charge on any atom is -1.00 e. The molecule has 1 aromatic heterocycles. The summed E-state index contributed by atoms with van der Waals surface area (Å²) in [7, 11) is 1.78. The summed E-state index contributed by atoms with van der Waals surface area (Å²) in [5, 5.41) is 9.39. The fourth-order valence-corrected chi connectivity index (χ4v) is 2.63. The number of aryl methyl sites for hydroxylation is 1. The van der Waals surface area contributed by atoms with Crippen LogP contribution >= 0.6 is 15.9 Å². The van der Waals surface area contributed by atoms with Crippen molar-refractivity contribution in [1.29, 1.82) is 0 Å². The zero-order valence-electron chi connectivity index (χ0n) is 13.9. The van der Waals surface area contributed by atoms with E-state index in [4.69, 9.17) is 0 Å². The summed E-state index contributed by atoms with van der Waals surface area (Å²) in [5.41, 5.74) is 1.13. The van der Waals surface area contributed by atoms with Gasteiger partial charge < -0.3 is 11.1 Å². The molecule has 0 saturated carbocycles. The maximum Gasteiger partial charge on any atom is 1.00 e. The van der Waals surface area contributed by atoms with Crippen LogP contribution in [0.15, 0.2) is 39.7 Å². The van der Waals surface area contributed by atoms with Crippen LogP contribution < -0.4 is 35.0 Å². The van der Waals surface area contributed by atoms with Crippen LogP contribution in [0.4, 0.5) is 0 Å². The summed E-state index contributed by atoms with van der Waals surface area (Å²) < 4.78 is 2.65. The van der Waals surface area contributed by atoms with Crippen molar-refractivity contribution in [1.82, 2.24) is 4.57 Å². The van der Waals surface area contributed by atoms with Gasteiger partial charge in [-0.15, -0.1) is 0 Å². The van der Waals surface area contributed by atoms with Crippen molar-refractivity contribution >= 4 is 21.9 Å². The fraction of sp³-hybridized carbons (Fsp3) is 0.250. The molecule has 2 rings (SSSR count). The van der Waals surface area contributed by atoms with E-state index in [1.165, 1.54) is 0 Å². The summed E-state index contributed by atoms with van der Waals surface area (Å²) in [6.45, 7) is 1.96. The average Bonchev–Trinajstić information content (AvgIpc) is 2.43. The van der Waals surface area contributed by atoms with E-state index in [0.717, 1.165) is 10.9 Å². The monoisotopic (exact) mass is 373 g/mol. The molecule has 1 aromatic carbocycles. The number of hydrogen-bond acceptors (Lipinski definition) is 2. The van der Waals surface area contributed by atoms with Gasteiger partial charge in [0.15, 0.2) is 0 Å². The molecule has 0 fully saturated rings. The molecule has 0 bridgehead atoms. The van der Waals surface area contributed by atoms with Gasteiger partial charge >= 0.3 is 35.5 Å². The minimum absolute atomic E-state index is 0. The molecule has 22 heavy (non-hydrogen) atoms. The van der Waals surface area contributed by atoms with Crippen molar-refractivity contribution in [3.63, 3.8) is 0 Å². The van der Waals surface area contributed by atoms with Gasteiger partial charge in [-0.05, 0) is 24.1 Å². The second-order valence-electron chi connectivity index (χ2n) is 4.87. The van der Waals surface area contributed by atoms with Crippen LogP contribution in [-0.4, -0.2) is 15.6 Å². The number of rotatable bonds is 4. The predicted molar refractivity (Wildman–Crippen MR) is 86.9 cm³/mol. The number of hydrogen-bond donors (Lipinski definition) is 1.